The molecule has 1 N–H and O–H groups in total. The lowest BCUT2D eigenvalue weighted by Crippen LogP contribution is -2.49. The number of H-pyrrole nitrogens is 1. The van der Waals surface area contributed by atoms with E-state index in [-0.39, 0.29) is 17.6 Å². The van der Waals surface area contributed by atoms with Gasteiger partial charge in [-0.25, -0.2) is 4.68 Å². The molecular formula is C29H34ClN7O2. The second-order valence-corrected chi connectivity index (χ2v) is 11.1. The van der Waals surface area contributed by atoms with Crippen LogP contribution in [-0.2, 0) is 0 Å². The first-order valence-electron chi connectivity index (χ1n) is 13.8. The zero-order chi connectivity index (χ0) is 26.9. The summed E-state index contributed by atoms with van der Waals surface area (Å²) < 4.78 is 7.36. The van der Waals surface area contributed by atoms with Gasteiger partial charge in [0, 0.05) is 48.5 Å². The van der Waals surface area contributed by atoms with Crippen LogP contribution in [0.5, 0.6) is 5.75 Å². The smallest absolute Gasteiger partial charge is 0.253 e. The SMILES string of the molecule is COc1ccc2cc([C@H](c3nnnn3C3CCCCC3)N3CCN(c4cc(Cl)ccc4C)CC3)c(=O)[nH]c2c1. The standard InChI is InChI=1S/C29H34ClN7O2/c1-19-8-10-21(30)17-26(19)35-12-14-36(15-13-35)27(28-32-33-34-37(28)22-6-4-3-5-7-22)24-16-20-9-11-23(39-2)18-25(20)31-29(24)38/h8-11,16-18,22,27H,3-7,12-15H2,1-2H3,(H,31,38)/t27-/m1/s1. The van der Waals surface area contributed by atoms with Gasteiger partial charge in [0.2, 0.25) is 0 Å². The number of hydrogen-bond donors (Lipinski definition) is 1. The molecule has 2 aromatic heterocycles. The third kappa shape index (κ3) is 5.13. The largest absolute Gasteiger partial charge is 0.497 e. The predicted molar refractivity (Wildman–Crippen MR) is 153 cm³/mol. The summed E-state index contributed by atoms with van der Waals surface area (Å²) in [6.07, 6.45) is 5.70. The van der Waals surface area contributed by atoms with E-state index in [4.69, 9.17) is 16.3 Å². The van der Waals surface area contributed by atoms with Gasteiger partial charge in [0.25, 0.3) is 5.56 Å². The van der Waals surface area contributed by atoms with E-state index in [1.54, 1.807) is 7.11 Å². The number of nitrogens with one attached hydrogen (secondary N) is 1. The molecule has 2 aliphatic rings. The number of piperazine rings is 1. The van der Waals surface area contributed by atoms with E-state index in [0.29, 0.717) is 11.3 Å². The van der Waals surface area contributed by atoms with Gasteiger partial charge in [0.1, 0.15) is 11.8 Å². The molecule has 1 saturated heterocycles. The molecule has 2 aromatic carbocycles. The highest BCUT2D eigenvalue weighted by atomic mass is 35.5. The highest BCUT2D eigenvalue weighted by molar-refractivity contribution is 6.30. The van der Waals surface area contributed by atoms with Gasteiger partial charge >= 0.3 is 0 Å². The molecule has 0 bridgehead atoms. The molecule has 1 saturated carbocycles. The fourth-order valence-corrected chi connectivity index (χ4v) is 6.30. The first-order valence-corrected chi connectivity index (χ1v) is 14.1. The molecule has 4 aromatic rings. The van der Waals surface area contributed by atoms with Crippen LogP contribution in [0, 0.1) is 6.92 Å². The summed E-state index contributed by atoms with van der Waals surface area (Å²) in [7, 11) is 1.62. The lowest BCUT2D eigenvalue weighted by Gasteiger charge is -2.40. The summed E-state index contributed by atoms with van der Waals surface area (Å²) in [6.45, 7) is 5.25. The fourth-order valence-electron chi connectivity index (χ4n) is 6.14. The molecule has 1 atom stereocenters. The predicted octanol–water partition coefficient (Wildman–Crippen LogP) is 4.90. The van der Waals surface area contributed by atoms with Gasteiger partial charge < -0.3 is 14.6 Å². The topological polar surface area (TPSA) is 92.2 Å². The Morgan fingerprint density at radius 1 is 1.03 bits per heavy atom. The van der Waals surface area contributed by atoms with E-state index in [9.17, 15) is 4.79 Å². The van der Waals surface area contributed by atoms with Crippen LogP contribution in [0.25, 0.3) is 10.9 Å². The summed E-state index contributed by atoms with van der Waals surface area (Å²) in [5.74, 6) is 1.45. The molecule has 3 heterocycles. The Labute approximate surface area is 232 Å². The summed E-state index contributed by atoms with van der Waals surface area (Å²) in [5, 5.41) is 14.8. The van der Waals surface area contributed by atoms with Crippen molar-refractivity contribution < 1.29 is 4.74 Å². The molecule has 0 radical (unpaired) electrons. The van der Waals surface area contributed by atoms with Crippen LogP contribution >= 0.6 is 11.6 Å². The van der Waals surface area contributed by atoms with E-state index in [1.165, 1.54) is 24.8 Å². The number of tetrazole rings is 1. The minimum atomic E-state index is -0.361. The lowest BCUT2D eigenvalue weighted by atomic mass is 9.95. The van der Waals surface area contributed by atoms with Crippen molar-refractivity contribution in [1.82, 2.24) is 30.1 Å². The number of ether oxygens (including phenoxy) is 1. The third-order valence-electron chi connectivity index (χ3n) is 8.25. The average Bonchev–Trinajstić information content (AvgIpc) is 3.45. The van der Waals surface area contributed by atoms with Crippen LogP contribution in [0.2, 0.25) is 5.02 Å². The number of hydrogen-bond acceptors (Lipinski definition) is 7. The summed E-state index contributed by atoms with van der Waals surface area (Å²) >= 11 is 6.33. The monoisotopic (exact) mass is 547 g/mol. The van der Waals surface area contributed by atoms with Crippen LogP contribution in [0.3, 0.4) is 0 Å². The number of halogens is 1. The Hall–Kier alpha value is -3.43. The quantitative estimate of drug-likeness (QED) is 0.367. The van der Waals surface area contributed by atoms with Crippen molar-refractivity contribution in [2.45, 2.75) is 51.1 Å². The van der Waals surface area contributed by atoms with Gasteiger partial charge in [-0.15, -0.1) is 5.10 Å². The van der Waals surface area contributed by atoms with Gasteiger partial charge in [-0.05, 0) is 71.5 Å². The second-order valence-electron chi connectivity index (χ2n) is 10.6. The number of anilines is 1. The van der Waals surface area contributed by atoms with E-state index in [1.807, 2.05) is 41.1 Å². The Bertz CT molecular complexity index is 1520. The molecule has 1 aliphatic carbocycles. The van der Waals surface area contributed by atoms with E-state index >= 15 is 0 Å². The van der Waals surface area contributed by atoms with Crippen molar-refractivity contribution in [1.29, 1.82) is 0 Å². The Kier molecular flexibility index (Phi) is 7.27. The van der Waals surface area contributed by atoms with Gasteiger partial charge in [0.15, 0.2) is 5.82 Å². The summed E-state index contributed by atoms with van der Waals surface area (Å²) in [6, 6.07) is 13.7. The highest BCUT2D eigenvalue weighted by Crippen LogP contribution is 2.34. The van der Waals surface area contributed by atoms with Crippen LogP contribution < -0.4 is 15.2 Å². The molecule has 2 fully saturated rings. The van der Waals surface area contributed by atoms with Crippen molar-refractivity contribution in [2.24, 2.45) is 0 Å². The van der Waals surface area contributed by atoms with Crippen LogP contribution in [0.4, 0.5) is 5.69 Å². The number of aromatic nitrogens is 5. The zero-order valence-electron chi connectivity index (χ0n) is 22.4. The molecule has 204 valence electrons. The van der Waals surface area contributed by atoms with Gasteiger partial charge in [-0.1, -0.05) is 36.9 Å². The average molecular weight is 548 g/mol. The number of fused-ring (bicyclic) bond motifs is 1. The molecule has 0 spiro atoms. The molecule has 0 amide bonds. The Balaban J connectivity index is 1.38. The number of benzene rings is 2. The molecule has 0 unspecified atom stereocenters. The van der Waals surface area contributed by atoms with Crippen molar-refractivity contribution in [3.8, 4) is 5.75 Å². The molecule has 6 rings (SSSR count). The van der Waals surface area contributed by atoms with Crippen molar-refractivity contribution in [2.75, 3.05) is 38.2 Å². The number of aromatic amines is 1. The van der Waals surface area contributed by atoms with E-state index < -0.39 is 0 Å². The maximum absolute atomic E-state index is 13.6. The molecular weight excluding hydrogens is 514 g/mol. The van der Waals surface area contributed by atoms with Gasteiger partial charge in [0.05, 0.1) is 18.7 Å². The number of aryl methyl sites for hydroxylation is 1. The molecule has 9 nitrogen and oxygen atoms in total. The maximum atomic E-state index is 13.6. The number of rotatable bonds is 6. The number of methoxy groups -OCH3 is 1. The van der Waals surface area contributed by atoms with Crippen molar-refractivity contribution >= 4 is 28.2 Å². The number of nitrogens with zero attached hydrogens (tertiary/aromatic N) is 6. The normalized spacial score (nSPS) is 18.0. The molecule has 1 aliphatic heterocycles. The van der Waals surface area contributed by atoms with Crippen LogP contribution in [0.15, 0.2) is 47.3 Å². The van der Waals surface area contributed by atoms with E-state index in [0.717, 1.165) is 66.5 Å². The summed E-state index contributed by atoms with van der Waals surface area (Å²) in [5.41, 5.74) is 3.63. The minimum absolute atomic E-state index is 0.132. The summed E-state index contributed by atoms with van der Waals surface area (Å²) in [4.78, 5) is 21.5. The lowest BCUT2D eigenvalue weighted by molar-refractivity contribution is 0.192. The Morgan fingerprint density at radius 2 is 1.82 bits per heavy atom. The minimum Gasteiger partial charge on any atom is -0.497 e. The van der Waals surface area contributed by atoms with Crippen LogP contribution in [-0.4, -0.2) is 63.4 Å². The first kappa shape index (κ1) is 25.8. The van der Waals surface area contributed by atoms with Crippen molar-refractivity contribution in [3.05, 3.63) is 74.8 Å². The highest BCUT2D eigenvalue weighted by Gasteiger charge is 2.34. The van der Waals surface area contributed by atoms with E-state index in [2.05, 4.69) is 43.3 Å². The van der Waals surface area contributed by atoms with Gasteiger partial charge in [-0.2, -0.15) is 0 Å². The number of pyridine rings is 1. The fraction of sp³-hybridized carbons (Fsp3) is 0.448. The first-order chi connectivity index (χ1) is 19.0. The zero-order valence-corrected chi connectivity index (χ0v) is 23.2. The third-order valence-corrected chi connectivity index (χ3v) is 8.49. The second kappa shape index (κ2) is 11.0. The Morgan fingerprint density at radius 3 is 2.59 bits per heavy atom. The maximum Gasteiger partial charge on any atom is 0.253 e. The van der Waals surface area contributed by atoms with Crippen molar-refractivity contribution in [3.63, 3.8) is 0 Å². The van der Waals surface area contributed by atoms with Gasteiger partial charge in [-0.3, -0.25) is 9.69 Å². The molecule has 10 heteroatoms. The molecule has 39 heavy (non-hydrogen) atoms. The van der Waals surface area contributed by atoms with Crippen LogP contribution in [0.1, 0.15) is 61.1 Å².